The summed E-state index contributed by atoms with van der Waals surface area (Å²) in [5, 5.41) is 11.1. The second kappa shape index (κ2) is 9.44. The van der Waals surface area contributed by atoms with Gasteiger partial charge < -0.3 is 9.47 Å². The number of aromatic nitrogens is 1. The standard InChI is InChI=1S/C24H21N3O6S/c1-4-33-23(29)20-14(2)25-24-26(21(20)16-8-10-18(32-3)11-9-16)22(28)19(34-24)13-15-6-5-7-17(12-15)27(30)31/h5-13,21H,4H2,1-3H3/b19-13-/t21-/m0/s1. The van der Waals surface area contributed by atoms with Crippen molar-refractivity contribution in [3.63, 3.8) is 0 Å². The Morgan fingerprint density at radius 1 is 1.26 bits per heavy atom. The average Bonchev–Trinajstić information content (AvgIpc) is 3.12. The number of esters is 1. The number of carbonyl (C=O) groups excluding carboxylic acids is 1. The fourth-order valence-electron chi connectivity index (χ4n) is 3.77. The molecule has 0 aliphatic carbocycles. The first kappa shape index (κ1) is 23.1. The van der Waals surface area contributed by atoms with Crippen LogP contribution in [-0.2, 0) is 9.53 Å². The van der Waals surface area contributed by atoms with Crippen molar-refractivity contribution in [1.29, 1.82) is 0 Å². The van der Waals surface area contributed by atoms with Gasteiger partial charge in [-0.1, -0.05) is 35.6 Å². The van der Waals surface area contributed by atoms with Crippen molar-refractivity contribution in [2.45, 2.75) is 19.9 Å². The highest BCUT2D eigenvalue weighted by molar-refractivity contribution is 7.07. The summed E-state index contributed by atoms with van der Waals surface area (Å²) in [5.74, 6) is 0.0951. The van der Waals surface area contributed by atoms with Crippen molar-refractivity contribution in [2.75, 3.05) is 13.7 Å². The maximum Gasteiger partial charge on any atom is 0.338 e. The Hall–Kier alpha value is -4.05. The third-order valence-corrected chi connectivity index (χ3v) is 6.31. The summed E-state index contributed by atoms with van der Waals surface area (Å²) in [5.41, 5.74) is 1.52. The van der Waals surface area contributed by atoms with E-state index in [2.05, 4.69) is 4.99 Å². The molecule has 9 nitrogen and oxygen atoms in total. The van der Waals surface area contributed by atoms with Crippen LogP contribution in [0.4, 0.5) is 5.69 Å². The van der Waals surface area contributed by atoms with Gasteiger partial charge in [0, 0.05) is 12.1 Å². The van der Waals surface area contributed by atoms with Gasteiger partial charge in [-0.25, -0.2) is 9.79 Å². The Kier molecular flexibility index (Phi) is 6.42. The summed E-state index contributed by atoms with van der Waals surface area (Å²) in [4.78, 5) is 42.0. The van der Waals surface area contributed by atoms with Crippen LogP contribution in [0.2, 0.25) is 0 Å². The van der Waals surface area contributed by atoms with Gasteiger partial charge in [0.05, 0.1) is 40.5 Å². The average molecular weight is 480 g/mol. The molecule has 0 unspecified atom stereocenters. The number of methoxy groups -OCH3 is 1. The minimum absolute atomic E-state index is 0.0712. The van der Waals surface area contributed by atoms with Crippen LogP contribution < -0.4 is 19.6 Å². The minimum atomic E-state index is -0.742. The van der Waals surface area contributed by atoms with Crippen molar-refractivity contribution in [3.8, 4) is 5.75 Å². The molecule has 0 saturated heterocycles. The second-order valence-electron chi connectivity index (χ2n) is 7.43. The van der Waals surface area contributed by atoms with Crippen molar-refractivity contribution < 1.29 is 19.2 Å². The highest BCUT2D eigenvalue weighted by Gasteiger charge is 2.33. The molecule has 3 aromatic rings. The summed E-state index contributed by atoms with van der Waals surface area (Å²) < 4.78 is 12.3. The Bertz CT molecular complexity index is 1480. The minimum Gasteiger partial charge on any atom is -0.497 e. The van der Waals surface area contributed by atoms with Crippen LogP contribution in [0.15, 0.2) is 69.6 Å². The highest BCUT2D eigenvalue weighted by Crippen LogP contribution is 2.31. The lowest BCUT2D eigenvalue weighted by Gasteiger charge is -2.24. The molecule has 0 bridgehead atoms. The monoisotopic (exact) mass is 479 g/mol. The number of hydrogen-bond acceptors (Lipinski definition) is 8. The van der Waals surface area contributed by atoms with E-state index in [-0.39, 0.29) is 23.4 Å². The van der Waals surface area contributed by atoms with Crippen molar-refractivity contribution in [1.82, 2.24) is 4.57 Å². The highest BCUT2D eigenvalue weighted by atomic mass is 32.1. The van der Waals surface area contributed by atoms with Crippen LogP contribution in [0.3, 0.4) is 0 Å². The van der Waals surface area contributed by atoms with Crippen LogP contribution in [0.1, 0.15) is 31.0 Å². The number of benzene rings is 2. The fourth-order valence-corrected chi connectivity index (χ4v) is 4.82. The summed E-state index contributed by atoms with van der Waals surface area (Å²) in [6.45, 7) is 3.60. The van der Waals surface area contributed by atoms with Crippen LogP contribution >= 0.6 is 11.3 Å². The number of ether oxygens (including phenoxy) is 2. The van der Waals surface area contributed by atoms with E-state index in [0.29, 0.717) is 31.9 Å². The predicted molar refractivity (Wildman–Crippen MR) is 126 cm³/mol. The first-order valence-corrected chi connectivity index (χ1v) is 11.2. The van der Waals surface area contributed by atoms with E-state index >= 15 is 0 Å². The van der Waals surface area contributed by atoms with Gasteiger partial charge in [0.2, 0.25) is 0 Å². The number of thiazole rings is 1. The van der Waals surface area contributed by atoms with E-state index in [1.54, 1.807) is 63.4 Å². The number of nitro benzene ring substituents is 1. The van der Waals surface area contributed by atoms with E-state index in [1.165, 1.54) is 16.7 Å². The lowest BCUT2D eigenvalue weighted by Crippen LogP contribution is -2.39. The van der Waals surface area contributed by atoms with Crippen molar-refractivity contribution in [3.05, 3.63) is 101 Å². The molecule has 174 valence electrons. The number of carbonyl (C=O) groups is 1. The Morgan fingerprint density at radius 3 is 2.65 bits per heavy atom. The first-order chi connectivity index (χ1) is 16.3. The molecule has 1 aliphatic rings. The van der Waals surface area contributed by atoms with Crippen molar-refractivity contribution >= 4 is 29.1 Å². The number of allylic oxidation sites excluding steroid dienone is 1. The molecule has 34 heavy (non-hydrogen) atoms. The van der Waals surface area contributed by atoms with E-state index in [9.17, 15) is 19.7 Å². The van der Waals surface area contributed by atoms with E-state index in [1.807, 2.05) is 0 Å². The fraction of sp³-hybridized carbons (Fsp3) is 0.208. The maximum absolute atomic E-state index is 13.5. The quantitative estimate of drug-likeness (QED) is 0.305. The van der Waals surface area contributed by atoms with E-state index in [4.69, 9.17) is 9.47 Å². The molecule has 2 heterocycles. The van der Waals surface area contributed by atoms with E-state index in [0.717, 1.165) is 11.3 Å². The lowest BCUT2D eigenvalue weighted by atomic mass is 9.96. The van der Waals surface area contributed by atoms with Crippen LogP contribution in [0, 0.1) is 10.1 Å². The molecular weight excluding hydrogens is 458 g/mol. The van der Waals surface area contributed by atoms with Crippen LogP contribution in [-0.4, -0.2) is 29.2 Å². The van der Waals surface area contributed by atoms with Gasteiger partial charge >= 0.3 is 5.97 Å². The third-order valence-electron chi connectivity index (χ3n) is 5.33. The molecular formula is C24H21N3O6S. The predicted octanol–water partition coefficient (Wildman–Crippen LogP) is 2.72. The zero-order valence-corrected chi connectivity index (χ0v) is 19.5. The molecule has 0 fully saturated rings. The van der Waals surface area contributed by atoms with Crippen LogP contribution in [0.5, 0.6) is 5.75 Å². The number of rotatable bonds is 6. The molecule has 2 aromatic carbocycles. The summed E-state index contributed by atoms with van der Waals surface area (Å²) >= 11 is 1.16. The number of hydrogen-bond donors (Lipinski definition) is 0. The zero-order chi connectivity index (χ0) is 24.4. The number of non-ortho nitro benzene ring substituents is 1. The molecule has 0 saturated carbocycles. The van der Waals surface area contributed by atoms with Gasteiger partial charge in [-0.2, -0.15) is 0 Å². The SMILES string of the molecule is CCOC(=O)C1=C(C)N=c2s/c(=C\c3cccc([N+](=O)[O-])c3)c(=O)n2[C@H]1c1ccc(OC)cc1. The molecule has 0 amide bonds. The van der Waals surface area contributed by atoms with Gasteiger partial charge in [-0.15, -0.1) is 0 Å². The normalized spacial score (nSPS) is 15.5. The van der Waals surface area contributed by atoms with Crippen molar-refractivity contribution in [2.24, 2.45) is 4.99 Å². The maximum atomic E-state index is 13.5. The zero-order valence-electron chi connectivity index (χ0n) is 18.7. The second-order valence-corrected chi connectivity index (χ2v) is 8.44. The topological polar surface area (TPSA) is 113 Å². The van der Waals surface area contributed by atoms with Gasteiger partial charge in [0.1, 0.15) is 5.75 Å². The molecule has 1 aromatic heterocycles. The largest absolute Gasteiger partial charge is 0.497 e. The van der Waals surface area contributed by atoms with Gasteiger partial charge in [0.25, 0.3) is 11.2 Å². The van der Waals surface area contributed by atoms with Gasteiger partial charge in [-0.05, 0) is 43.2 Å². The van der Waals surface area contributed by atoms with Gasteiger partial charge in [0.15, 0.2) is 4.80 Å². The molecule has 0 N–H and O–H groups in total. The molecule has 1 aliphatic heterocycles. The Morgan fingerprint density at radius 2 is 2.00 bits per heavy atom. The Labute approximate surface area is 198 Å². The summed E-state index contributed by atoms with van der Waals surface area (Å²) in [7, 11) is 1.56. The Balaban J connectivity index is 1.93. The molecule has 10 heteroatoms. The molecule has 1 atom stereocenters. The van der Waals surface area contributed by atoms with E-state index < -0.39 is 16.9 Å². The lowest BCUT2D eigenvalue weighted by molar-refractivity contribution is -0.384. The number of nitrogens with zero attached hydrogens (tertiary/aromatic N) is 3. The molecule has 4 rings (SSSR count). The first-order valence-electron chi connectivity index (χ1n) is 10.4. The molecule has 0 spiro atoms. The number of fused-ring (bicyclic) bond motifs is 1. The van der Waals surface area contributed by atoms with Gasteiger partial charge in [-0.3, -0.25) is 19.5 Å². The summed E-state index contributed by atoms with van der Waals surface area (Å²) in [6.07, 6.45) is 1.59. The van der Waals surface area contributed by atoms with Crippen LogP contribution in [0.25, 0.3) is 6.08 Å². The molecule has 0 radical (unpaired) electrons. The number of nitro groups is 1. The third kappa shape index (κ3) is 4.27. The summed E-state index contributed by atoms with van der Waals surface area (Å²) in [6, 6.07) is 12.4. The smallest absolute Gasteiger partial charge is 0.338 e.